The minimum atomic E-state index is -0.819. The molecule has 6 nitrogen and oxygen atoms in total. The lowest BCUT2D eigenvalue weighted by Crippen LogP contribution is -2.49. The zero-order valence-electron chi connectivity index (χ0n) is 18.0. The van der Waals surface area contributed by atoms with E-state index in [2.05, 4.69) is 20.9 Å². The van der Waals surface area contributed by atoms with Crippen LogP contribution in [0.4, 0.5) is 8.78 Å². The monoisotopic (exact) mass is 450 g/mol. The van der Waals surface area contributed by atoms with Crippen molar-refractivity contribution in [3.63, 3.8) is 0 Å². The van der Waals surface area contributed by atoms with Gasteiger partial charge in [-0.15, -0.1) is 0 Å². The van der Waals surface area contributed by atoms with E-state index in [1.165, 1.54) is 0 Å². The van der Waals surface area contributed by atoms with Crippen LogP contribution in [0.15, 0.2) is 67.0 Å². The fourth-order valence-electron chi connectivity index (χ4n) is 4.08. The zero-order chi connectivity index (χ0) is 23.4. The number of pyridine rings is 1. The Hall–Kier alpha value is -3.65. The first kappa shape index (κ1) is 22.5. The number of carbonyl (C=O) groups excluding carboxylic acids is 2. The van der Waals surface area contributed by atoms with E-state index >= 15 is 0 Å². The van der Waals surface area contributed by atoms with Crippen LogP contribution >= 0.6 is 0 Å². The summed E-state index contributed by atoms with van der Waals surface area (Å²) >= 11 is 0. The third-order valence-electron chi connectivity index (χ3n) is 5.62. The molecule has 0 saturated carbocycles. The second-order valence-electron chi connectivity index (χ2n) is 8.06. The summed E-state index contributed by atoms with van der Waals surface area (Å²) in [5.41, 5.74) is 3.34. The Kier molecular flexibility index (Phi) is 6.74. The second-order valence-corrected chi connectivity index (χ2v) is 8.06. The van der Waals surface area contributed by atoms with Crippen molar-refractivity contribution in [2.24, 2.45) is 0 Å². The molecule has 0 spiro atoms. The highest BCUT2D eigenvalue weighted by molar-refractivity contribution is 5.88. The van der Waals surface area contributed by atoms with Gasteiger partial charge in [0, 0.05) is 25.0 Å². The topological polar surface area (TPSA) is 83.1 Å². The van der Waals surface area contributed by atoms with Crippen molar-refractivity contribution in [1.82, 2.24) is 20.9 Å². The van der Waals surface area contributed by atoms with Gasteiger partial charge in [0.05, 0.1) is 18.5 Å². The van der Waals surface area contributed by atoms with Gasteiger partial charge < -0.3 is 16.0 Å². The first-order chi connectivity index (χ1) is 15.9. The number of nitrogens with zero attached hydrogens (tertiary/aromatic N) is 1. The minimum absolute atomic E-state index is 0.0128. The van der Waals surface area contributed by atoms with E-state index in [-0.39, 0.29) is 30.0 Å². The fourth-order valence-corrected chi connectivity index (χ4v) is 4.08. The number of benzene rings is 2. The van der Waals surface area contributed by atoms with Gasteiger partial charge in [0.1, 0.15) is 17.7 Å². The van der Waals surface area contributed by atoms with Gasteiger partial charge >= 0.3 is 0 Å². The molecule has 2 aromatic carbocycles. The number of hydrogen-bond donors (Lipinski definition) is 3. The molecule has 3 N–H and O–H groups in total. The molecular formula is C25H24F2N4O2. The van der Waals surface area contributed by atoms with Crippen LogP contribution in [0.2, 0.25) is 0 Å². The molecule has 33 heavy (non-hydrogen) atoms. The lowest BCUT2D eigenvalue weighted by Gasteiger charge is -2.34. The molecule has 170 valence electrons. The molecular weight excluding hydrogens is 426 g/mol. The molecule has 3 aromatic rings. The molecule has 2 amide bonds. The van der Waals surface area contributed by atoms with Gasteiger partial charge in [-0.1, -0.05) is 24.3 Å². The Morgan fingerprint density at radius 3 is 2.42 bits per heavy atom. The summed E-state index contributed by atoms with van der Waals surface area (Å²) in [5.74, 6) is -2.35. The van der Waals surface area contributed by atoms with E-state index in [4.69, 9.17) is 0 Å². The average molecular weight is 450 g/mol. The van der Waals surface area contributed by atoms with Crippen molar-refractivity contribution < 1.29 is 18.4 Å². The molecule has 8 heteroatoms. The van der Waals surface area contributed by atoms with Crippen LogP contribution in [0.3, 0.4) is 0 Å². The average Bonchev–Trinajstić information content (AvgIpc) is 2.79. The normalized spacial score (nSPS) is 18.2. The number of nitrogens with one attached hydrogen (secondary N) is 3. The van der Waals surface area contributed by atoms with Gasteiger partial charge in [-0.3, -0.25) is 14.6 Å². The summed E-state index contributed by atoms with van der Waals surface area (Å²) in [6.45, 7) is 2.08. The van der Waals surface area contributed by atoms with Crippen LogP contribution in [0.1, 0.15) is 41.3 Å². The molecule has 0 bridgehead atoms. The van der Waals surface area contributed by atoms with Crippen molar-refractivity contribution in [2.75, 3.05) is 6.54 Å². The first-order valence-corrected chi connectivity index (χ1v) is 10.7. The summed E-state index contributed by atoms with van der Waals surface area (Å²) in [6, 6.07) is 13.6. The molecule has 0 aliphatic carbocycles. The maximum Gasteiger partial charge on any atom is 0.242 e. The molecule has 2 unspecified atom stereocenters. The summed E-state index contributed by atoms with van der Waals surface area (Å²) in [4.78, 5) is 29.1. The molecule has 1 aliphatic heterocycles. The van der Waals surface area contributed by atoms with E-state index in [9.17, 15) is 18.4 Å². The number of aromatic nitrogens is 1. The van der Waals surface area contributed by atoms with E-state index in [0.29, 0.717) is 6.54 Å². The lowest BCUT2D eigenvalue weighted by atomic mass is 9.87. The third kappa shape index (κ3) is 5.40. The molecule has 4 rings (SSSR count). The molecule has 0 radical (unpaired) electrons. The highest BCUT2D eigenvalue weighted by Crippen LogP contribution is 2.32. The summed E-state index contributed by atoms with van der Waals surface area (Å²) in [5, 5.41) is 9.05. The third-order valence-corrected chi connectivity index (χ3v) is 5.62. The Bertz CT molecular complexity index is 1140. The quantitative estimate of drug-likeness (QED) is 0.539. The molecule has 3 atom stereocenters. The van der Waals surface area contributed by atoms with Crippen LogP contribution < -0.4 is 16.0 Å². The maximum absolute atomic E-state index is 13.3. The fraction of sp³-hybridized carbons (Fsp3) is 0.240. The molecule has 1 aromatic heterocycles. The van der Waals surface area contributed by atoms with Gasteiger partial charge in [-0.05, 0) is 53.4 Å². The smallest absolute Gasteiger partial charge is 0.242 e. The van der Waals surface area contributed by atoms with Gasteiger partial charge in [-0.2, -0.15) is 0 Å². The highest BCUT2D eigenvalue weighted by Gasteiger charge is 2.29. The van der Waals surface area contributed by atoms with Gasteiger partial charge in [0.15, 0.2) is 0 Å². The van der Waals surface area contributed by atoms with Crippen LogP contribution in [0.5, 0.6) is 0 Å². The standard InChI is InChI=1S/C25H24F2N4O2/c1-15(30-23(32)12-16-10-18(26)13-19(27)11-16)25(33)31-22-14-29-24(17-6-8-28-9-7-17)21-5-3-2-4-20(21)22/h2-11,13,15,22,24,29H,12,14H2,1H3,(H,30,32)(H,31,33)/t15-,22?,24?/m0/s1. The number of fused-ring (bicyclic) bond motifs is 1. The second kappa shape index (κ2) is 9.87. The number of carbonyl (C=O) groups is 2. The van der Waals surface area contributed by atoms with Crippen molar-refractivity contribution in [2.45, 2.75) is 31.5 Å². The highest BCUT2D eigenvalue weighted by atomic mass is 19.1. The van der Waals surface area contributed by atoms with E-state index < -0.39 is 23.6 Å². The van der Waals surface area contributed by atoms with Gasteiger partial charge in [0.2, 0.25) is 11.8 Å². The Balaban J connectivity index is 1.40. The van der Waals surface area contributed by atoms with Crippen molar-refractivity contribution >= 4 is 11.8 Å². The number of halogens is 2. The minimum Gasteiger partial charge on any atom is -0.346 e. The van der Waals surface area contributed by atoms with Crippen molar-refractivity contribution in [3.05, 3.63) is 101 Å². The Morgan fingerprint density at radius 1 is 1.06 bits per heavy atom. The molecule has 2 heterocycles. The maximum atomic E-state index is 13.3. The molecule has 1 aliphatic rings. The van der Waals surface area contributed by atoms with Crippen LogP contribution in [-0.4, -0.2) is 29.4 Å². The zero-order valence-corrected chi connectivity index (χ0v) is 18.0. The number of amides is 2. The Labute approximate surface area is 190 Å². The number of rotatable bonds is 6. The van der Waals surface area contributed by atoms with Crippen LogP contribution in [0.25, 0.3) is 0 Å². The SMILES string of the molecule is C[C@H](NC(=O)Cc1cc(F)cc(F)c1)C(=O)NC1CNC(c2ccncc2)c2ccccc21. The lowest BCUT2D eigenvalue weighted by molar-refractivity contribution is -0.128. The summed E-state index contributed by atoms with van der Waals surface area (Å²) in [6.07, 6.45) is 3.26. The van der Waals surface area contributed by atoms with Crippen molar-refractivity contribution in [3.8, 4) is 0 Å². The predicted molar refractivity (Wildman–Crippen MR) is 119 cm³/mol. The van der Waals surface area contributed by atoms with Crippen molar-refractivity contribution in [1.29, 1.82) is 0 Å². The van der Waals surface area contributed by atoms with E-state index in [1.54, 1.807) is 19.3 Å². The molecule has 0 fully saturated rings. The predicted octanol–water partition coefficient (Wildman–Crippen LogP) is 2.96. The number of hydrogen-bond acceptors (Lipinski definition) is 4. The van der Waals surface area contributed by atoms with Crippen LogP contribution in [-0.2, 0) is 16.0 Å². The van der Waals surface area contributed by atoms with Gasteiger partial charge in [-0.25, -0.2) is 8.78 Å². The largest absolute Gasteiger partial charge is 0.346 e. The van der Waals surface area contributed by atoms with Gasteiger partial charge in [0.25, 0.3) is 0 Å². The summed E-state index contributed by atoms with van der Waals surface area (Å²) in [7, 11) is 0. The van der Waals surface area contributed by atoms with E-state index in [0.717, 1.165) is 34.9 Å². The first-order valence-electron chi connectivity index (χ1n) is 10.7. The molecule has 0 saturated heterocycles. The Morgan fingerprint density at radius 2 is 1.73 bits per heavy atom. The summed E-state index contributed by atoms with van der Waals surface area (Å²) < 4.78 is 26.7. The van der Waals surface area contributed by atoms with E-state index in [1.807, 2.05) is 36.4 Å². The van der Waals surface area contributed by atoms with Crippen LogP contribution in [0, 0.1) is 11.6 Å².